The standard InChI is InChI=1S/C11H12O.C2H4/c1-3-6-10-7-4-5-8-11(10)9(2)12;1-2/h3-5,7-8H,1,6H2,2H3;1-2H2. The lowest BCUT2D eigenvalue weighted by atomic mass is 10.0. The van der Waals surface area contributed by atoms with Crippen molar-refractivity contribution in [3.8, 4) is 0 Å². The predicted octanol–water partition coefficient (Wildman–Crippen LogP) is 3.42. The summed E-state index contributed by atoms with van der Waals surface area (Å²) in [5, 5.41) is 0. The van der Waals surface area contributed by atoms with Crippen LogP contribution in [-0.2, 0) is 6.42 Å². The summed E-state index contributed by atoms with van der Waals surface area (Å²) in [5.74, 6) is 0.118. The van der Waals surface area contributed by atoms with E-state index < -0.39 is 0 Å². The van der Waals surface area contributed by atoms with Crippen LogP contribution in [0.1, 0.15) is 22.8 Å². The van der Waals surface area contributed by atoms with Gasteiger partial charge < -0.3 is 0 Å². The summed E-state index contributed by atoms with van der Waals surface area (Å²) in [4.78, 5) is 11.1. The van der Waals surface area contributed by atoms with Crippen LogP contribution in [0.4, 0.5) is 0 Å². The highest BCUT2D eigenvalue weighted by atomic mass is 16.1. The molecule has 0 N–H and O–H groups in total. The number of hydrogen-bond donors (Lipinski definition) is 0. The molecule has 0 aliphatic heterocycles. The Labute approximate surface area is 85.8 Å². The molecule has 0 aliphatic carbocycles. The molecule has 0 bridgehead atoms. The maximum atomic E-state index is 11.1. The lowest BCUT2D eigenvalue weighted by Gasteiger charge is -2.02. The number of hydrogen-bond acceptors (Lipinski definition) is 1. The van der Waals surface area contributed by atoms with Crippen LogP contribution in [0.25, 0.3) is 0 Å². The smallest absolute Gasteiger partial charge is 0.160 e. The van der Waals surface area contributed by atoms with Gasteiger partial charge in [-0.3, -0.25) is 4.79 Å². The van der Waals surface area contributed by atoms with E-state index in [1.807, 2.05) is 30.3 Å². The summed E-state index contributed by atoms with van der Waals surface area (Å²) < 4.78 is 0. The summed E-state index contributed by atoms with van der Waals surface area (Å²) in [7, 11) is 0. The second-order valence-electron chi connectivity index (χ2n) is 2.71. The van der Waals surface area contributed by atoms with Crippen molar-refractivity contribution < 1.29 is 4.79 Å². The Balaban J connectivity index is 0.000000791. The van der Waals surface area contributed by atoms with Gasteiger partial charge in [-0.25, -0.2) is 0 Å². The molecular formula is C13H16O. The molecule has 0 unspecified atom stereocenters. The lowest BCUT2D eigenvalue weighted by molar-refractivity contribution is 0.101. The molecular weight excluding hydrogens is 172 g/mol. The minimum atomic E-state index is 0.118. The molecule has 0 amide bonds. The molecule has 74 valence electrons. The van der Waals surface area contributed by atoms with Crippen molar-refractivity contribution in [1.29, 1.82) is 0 Å². The van der Waals surface area contributed by atoms with Gasteiger partial charge in [0, 0.05) is 5.56 Å². The Morgan fingerprint density at radius 2 is 1.93 bits per heavy atom. The van der Waals surface area contributed by atoms with Crippen molar-refractivity contribution in [3.05, 3.63) is 61.2 Å². The second kappa shape index (κ2) is 6.84. The quantitative estimate of drug-likeness (QED) is 0.524. The summed E-state index contributed by atoms with van der Waals surface area (Å²) in [5.41, 5.74) is 1.86. The van der Waals surface area contributed by atoms with Crippen molar-refractivity contribution in [2.45, 2.75) is 13.3 Å². The number of carbonyl (C=O) groups is 1. The van der Waals surface area contributed by atoms with Crippen LogP contribution in [0, 0.1) is 0 Å². The molecule has 1 aromatic carbocycles. The topological polar surface area (TPSA) is 17.1 Å². The molecule has 0 radical (unpaired) electrons. The van der Waals surface area contributed by atoms with Crippen LogP contribution in [-0.4, -0.2) is 5.78 Å². The fourth-order valence-electron chi connectivity index (χ4n) is 1.20. The molecule has 0 aliphatic rings. The fraction of sp³-hybridized carbons (Fsp3) is 0.154. The number of allylic oxidation sites excluding steroid dienone is 1. The molecule has 0 fully saturated rings. The van der Waals surface area contributed by atoms with Crippen molar-refractivity contribution in [1.82, 2.24) is 0 Å². The lowest BCUT2D eigenvalue weighted by Crippen LogP contribution is -1.97. The van der Waals surface area contributed by atoms with Crippen molar-refractivity contribution in [3.63, 3.8) is 0 Å². The van der Waals surface area contributed by atoms with Crippen LogP contribution in [0.15, 0.2) is 50.1 Å². The highest BCUT2D eigenvalue weighted by molar-refractivity contribution is 5.95. The first kappa shape index (κ1) is 12.4. The Bertz CT molecular complexity index is 313. The Hall–Kier alpha value is -1.63. The normalized spacial score (nSPS) is 8.36. The van der Waals surface area contributed by atoms with Crippen LogP contribution >= 0.6 is 0 Å². The van der Waals surface area contributed by atoms with Crippen LogP contribution < -0.4 is 0 Å². The molecule has 0 heterocycles. The van der Waals surface area contributed by atoms with Crippen molar-refractivity contribution >= 4 is 5.78 Å². The molecule has 0 atom stereocenters. The van der Waals surface area contributed by atoms with Crippen LogP contribution in [0.3, 0.4) is 0 Å². The van der Waals surface area contributed by atoms with E-state index in [9.17, 15) is 4.79 Å². The highest BCUT2D eigenvalue weighted by Crippen LogP contribution is 2.10. The molecule has 0 saturated heterocycles. The number of carbonyl (C=O) groups excluding carboxylic acids is 1. The zero-order valence-corrected chi connectivity index (χ0v) is 8.62. The third kappa shape index (κ3) is 3.40. The molecule has 0 aromatic heterocycles. The first-order valence-electron chi connectivity index (χ1n) is 4.45. The number of benzene rings is 1. The SMILES string of the molecule is C=C.C=CCc1ccccc1C(C)=O. The largest absolute Gasteiger partial charge is 0.295 e. The average molecular weight is 188 g/mol. The third-order valence-electron chi connectivity index (χ3n) is 1.76. The van der Waals surface area contributed by atoms with Gasteiger partial charge in [0.15, 0.2) is 5.78 Å². The summed E-state index contributed by atoms with van der Waals surface area (Å²) >= 11 is 0. The summed E-state index contributed by atoms with van der Waals surface area (Å²) in [6, 6.07) is 7.62. The first-order chi connectivity index (χ1) is 6.75. The van der Waals surface area contributed by atoms with Crippen molar-refractivity contribution in [2.75, 3.05) is 0 Å². The molecule has 1 aromatic rings. The van der Waals surface area contributed by atoms with Gasteiger partial charge in [-0.05, 0) is 18.9 Å². The van der Waals surface area contributed by atoms with E-state index in [0.29, 0.717) is 0 Å². The van der Waals surface area contributed by atoms with E-state index in [1.165, 1.54) is 0 Å². The molecule has 14 heavy (non-hydrogen) atoms. The van der Waals surface area contributed by atoms with E-state index in [2.05, 4.69) is 19.7 Å². The molecule has 1 rings (SSSR count). The van der Waals surface area contributed by atoms with Gasteiger partial charge in [-0.1, -0.05) is 30.3 Å². The average Bonchev–Trinajstić information content (AvgIpc) is 2.22. The number of rotatable bonds is 3. The Morgan fingerprint density at radius 1 is 1.36 bits per heavy atom. The highest BCUT2D eigenvalue weighted by Gasteiger charge is 2.03. The Morgan fingerprint density at radius 3 is 2.43 bits per heavy atom. The molecule has 1 nitrogen and oxygen atoms in total. The van der Waals surface area contributed by atoms with Crippen LogP contribution in [0.2, 0.25) is 0 Å². The Kier molecular flexibility index (Phi) is 6.04. The van der Waals surface area contributed by atoms with Gasteiger partial charge in [0.25, 0.3) is 0 Å². The van der Waals surface area contributed by atoms with Gasteiger partial charge in [-0.15, -0.1) is 19.7 Å². The van der Waals surface area contributed by atoms with E-state index >= 15 is 0 Å². The molecule has 0 spiro atoms. The predicted molar refractivity (Wildman–Crippen MR) is 61.6 cm³/mol. The van der Waals surface area contributed by atoms with Gasteiger partial charge in [0.1, 0.15) is 0 Å². The number of Topliss-reactive ketones (excluding diaryl/α,β-unsaturated/α-hetero) is 1. The third-order valence-corrected chi connectivity index (χ3v) is 1.76. The zero-order valence-electron chi connectivity index (χ0n) is 8.62. The van der Waals surface area contributed by atoms with E-state index in [0.717, 1.165) is 17.5 Å². The summed E-state index contributed by atoms with van der Waals surface area (Å²) in [6.07, 6.45) is 2.57. The first-order valence-corrected chi connectivity index (χ1v) is 4.45. The second-order valence-corrected chi connectivity index (χ2v) is 2.71. The number of ketones is 1. The van der Waals surface area contributed by atoms with Gasteiger partial charge in [-0.2, -0.15) is 0 Å². The minimum absolute atomic E-state index is 0.118. The van der Waals surface area contributed by atoms with E-state index in [4.69, 9.17) is 0 Å². The van der Waals surface area contributed by atoms with Gasteiger partial charge in [0.05, 0.1) is 0 Å². The fourth-order valence-corrected chi connectivity index (χ4v) is 1.20. The van der Waals surface area contributed by atoms with Crippen molar-refractivity contribution in [2.24, 2.45) is 0 Å². The molecule has 0 saturated carbocycles. The van der Waals surface area contributed by atoms with Crippen LogP contribution in [0.5, 0.6) is 0 Å². The van der Waals surface area contributed by atoms with Gasteiger partial charge >= 0.3 is 0 Å². The van der Waals surface area contributed by atoms with Gasteiger partial charge in [0.2, 0.25) is 0 Å². The maximum absolute atomic E-state index is 11.1. The molecule has 1 heteroatoms. The summed E-state index contributed by atoms with van der Waals surface area (Å²) in [6.45, 7) is 11.2. The monoisotopic (exact) mass is 188 g/mol. The van der Waals surface area contributed by atoms with E-state index in [1.54, 1.807) is 6.92 Å². The maximum Gasteiger partial charge on any atom is 0.160 e. The zero-order chi connectivity index (χ0) is 11.0. The minimum Gasteiger partial charge on any atom is -0.295 e. The van der Waals surface area contributed by atoms with E-state index in [-0.39, 0.29) is 5.78 Å².